The first-order valence-corrected chi connectivity index (χ1v) is 12.7. The van der Waals surface area contributed by atoms with Crippen LogP contribution in [0.15, 0.2) is 48.3 Å². The number of rotatable bonds is 5. The lowest BCUT2D eigenvalue weighted by Crippen LogP contribution is -2.46. The number of methoxy groups -OCH3 is 1. The van der Waals surface area contributed by atoms with E-state index in [1.165, 1.54) is 6.07 Å². The Balaban J connectivity index is 1.51. The lowest BCUT2D eigenvalue weighted by atomic mass is 9.74. The van der Waals surface area contributed by atoms with Crippen LogP contribution in [-0.4, -0.2) is 56.7 Å². The van der Waals surface area contributed by atoms with E-state index < -0.39 is 41.6 Å². The molecule has 8 nitrogen and oxygen atoms in total. The van der Waals surface area contributed by atoms with Gasteiger partial charge in [0.25, 0.3) is 5.91 Å². The number of aromatic nitrogens is 4. The second-order valence-corrected chi connectivity index (χ2v) is 10.9. The topological polar surface area (TPSA) is 82.4 Å². The average Bonchev–Trinajstić information content (AvgIpc) is 3.40. The third kappa shape index (κ3) is 3.81. The molecule has 39 heavy (non-hydrogen) atoms. The highest BCUT2D eigenvalue weighted by atomic mass is 19.3. The number of hydrogen-bond acceptors (Lipinski definition) is 6. The molecule has 0 N–H and O–H groups in total. The van der Waals surface area contributed by atoms with Crippen molar-refractivity contribution in [3.8, 4) is 11.1 Å². The van der Waals surface area contributed by atoms with Gasteiger partial charge in [-0.1, -0.05) is 18.2 Å². The molecular weight excluding hydrogens is 511 g/mol. The van der Waals surface area contributed by atoms with Gasteiger partial charge >= 0.3 is 6.61 Å². The summed E-state index contributed by atoms with van der Waals surface area (Å²) in [4.78, 5) is 28.5. The first kappa shape index (κ1) is 25.7. The molecule has 0 saturated carbocycles. The fourth-order valence-electron chi connectivity index (χ4n) is 6.17. The summed E-state index contributed by atoms with van der Waals surface area (Å²) >= 11 is 0. The Labute approximate surface area is 223 Å². The Bertz CT molecular complexity index is 1550. The lowest BCUT2D eigenvalue weighted by molar-refractivity contribution is -0.202. The van der Waals surface area contributed by atoms with Gasteiger partial charge in [0, 0.05) is 61.3 Å². The molecule has 2 aliphatic heterocycles. The number of hydrogen-bond donors (Lipinski definition) is 0. The van der Waals surface area contributed by atoms with Gasteiger partial charge in [-0.2, -0.15) is 8.78 Å². The number of alkyl halides is 2. The summed E-state index contributed by atoms with van der Waals surface area (Å²) in [7, 11) is 3.24. The van der Waals surface area contributed by atoms with Crippen molar-refractivity contribution in [2.24, 2.45) is 5.92 Å². The molecule has 4 atom stereocenters. The normalized spacial score (nSPS) is 26.2. The van der Waals surface area contributed by atoms with Crippen LogP contribution in [0.25, 0.3) is 22.2 Å². The molecule has 3 aliphatic rings. The lowest BCUT2D eigenvalue weighted by Gasteiger charge is -2.41. The van der Waals surface area contributed by atoms with E-state index in [4.69, 9.17) is 14.5 Å². The molecule has 3 aromatic rings. The number of likely N-dealkylation sites (tertiary alicyclic amines) is 1. The van der Waals surface area contributed by atoms with Gasteiger partial charge in [0.2, 0.25) is 0 Å². The maximum Gasteiger partial charge on any atom is 0.346 e. The van der Waals surface area contributed by atoms with Crippen LogP contribution in [-0.2, 0) is 19.9 Å². The molecule has 2 aromatic heterocycles. The first-order valence-electron chi connectivity index (χ1n) is 12.7. The van der Waals surface area contributed by atoms with Crippen LogP contribution < -0.4 is 0 Å². The van der Waals surface area contributed by atoms with Gasteiger partial charge in [-0.05, 0) is 33.3 Å². The number of benzene rings is 1. The summed E-state index contributed by atoms with van der Waals surface area (Å²) in [5, 5.41) is 0. The molecule has 2 bridgehead atoms. The minimum absolute atomic E-state index is 0.262. The van der Waals surface area contributed by atoms with Gasteiger partial charge in [0.05, 0.1) is 22.7 Å². The second kappa shape index (κ2) is 8.72. The highest BCUT2D eigenvalue weighted by Gasteiger charge is 2.54. The minimum atomic E-state index is -3.03. The number of carbonyl (C=O) groups excluding carboxylic acids is 1. The van der Waals surface area contributed by atoms with Gasteiger partial charge in [0.15, 0.2) is 5.82 Å². The zero-order valence-corrected chi connectivity index (χ0v) is 22.2. The SMILES string of the molecule is COC(C)(C)c1ncc(-c2cc3c(cc2F)nc2n3[C@H]3C[C@H]2N(C)C(=O)C2=CC=CC(C)(OC(F)F)C23)cn1. The van der Waals surface area contributed by atoms with Gasteiger partial charge in [-0.25, -0.2) is 19.3 Å². The molecule has 204 valence electrons. The van der Waals surface area contributed by atoms with Crippen molar-refractivity contribution in [2.45, 2.75) is 57.1 Å². The predicted octanol–water partition coefficient (Wildman–Crippen LogP) is 5.08. The maximum absolute atomic E-state index is 15.4. The molecule has 1 fully saturated rings. The van der Waals surface area contributed by atoms with Crippen molar-refractivity contribution in [1.82, 2.24) is 24.4 Å². The highest BCUT2D eigenvalue weighted by Crippen LogP contribution is 2.54. The predicted molar refractivity (Wildman–Crippen MR) is 136 cm³/mol. The Morgan fingerprint density at radius 1 is 1.21 bits per heavy atom. The van der Waals surface area contributed by atoms with Crippen LogP contribution in [0.4, 0.5) is 13.2 Å². The van der Waals surface area contributed by atoms with E-state index >= 15 is 4.39 Å². The minimum Gasteiger partial charge on any atom is -0.371 e. The maximum atomic E-state index is 15.4. The molecule has 6 rings (SSSR count). The van der Waals surface area contributed by atoms with Crippen LogP contribution in [0.5, 0.6) is 0 Å². The quantitative estimate of drug-likeness (QED) is 0.450. The number of carbonyl (C=O) groups is 1. The zero-order valence-electron chi connectivity index (χ0n) is 22.2. The molecule has 1 aliphatic carbocycles. The van der Waals surface area contributed by atoms with E-state index in [1.54, 1.807) is 62.7 Å². The number of halogens is 3. The van der Waals surface area contributed by atoms with Crippen molar-refractivity contribution < 1.29 is 27.4 Å². The van der Waals surface area contributed by atoms with E-state index in [0.717, 1.165) is 0 Å². The molecule has 1 aromatic carbocycles. The number of ether oxygens (including phenoxy) is 2. The van der Waals surface area contributed by atoms with E-state index in [-0.39, 0.29) is 11.5 Å². The van der Waals surface area contributed by atoms with Crippen molar-refractivity contribution in [1.29, 1.82) is 0 Å². The van der Waals surface area contributed by atoms with Crippen molar-refractivity contribution in [3.63, 3.8) is 0 Å². The van der Waals surface area contributed by atoms with E-state index in [1.807, 2.05) is 18.4 Å². The summed E-state index contributed by atoms with van der Waals surface area (Å²) in [6, 6.07) is 2.21. The summed E-state index contributed by atoms with van der Waals surface area (Å²) < 4.78 is 55.1. The Hall–Kier alpha value is -3.57. The van der Waals surface area contributed by atoms with E-state index in [2.05, 4.69) is 9.97 Å². The molecule has 0 spiro atoms. The molecular formula is C28H28F3N5O3. The van der Waals surface area contributed by atoms with Crippen LogP contribution in [0.3, 0.4) is 0 Å². The van der Waals surface area contributed by atoms with Crippen LogP contribution in [0.1, 0.15) is 50.9 Å². The first-order chi connectivity index (χ1) is 18.4. The summed E-state index contributed by atoms with van der Waals surface area (Å²) in [6.45, 7) is 2.21. The molecule has 2 unspecified atom stereocenters. The number of fused-ring (bicyclic) bond motifs is 9. The Morgan fingerprint density at radius 3 is 2.59 bits per heavy atom. The Morgan fingerprint density at radius 2 is 1.92 bits per heavy atom. The Kier molecular flexibility index (Phi) is 5.74. The molecule has 1 amide bonds. The van der Waals surface area contributed by atoms with Crippen molar-refractivity contribution in [2.75, 3.05) is 14.2 Å². The van der Waals surface area contributed by atoms with E-state index in [9.17, 15) is 13.6 Å². The number of amides is 1. The van der Waals surface area contributed by atoms with E-state index in [0.29, 0.717) is 40.2 Å². The summed E-state index contributed by atoms with van der Waals surface area (Å²) in [5.74, 6) is -0.420. The van der Waals surface area contributed by atoms with Crippen LogP contribution in [0.2, 0.25) is 0 Å². The summed E-state index contributed by atoms with van der Waals surface area (Å²) in [5.41, 5.74) is 0.0448. The third-order valence-corrected chi connectivity index (χ3v) is 8.33. The highest BCUT2D eigenvalue weighted by molar-refractivity contribution is 5.96. The van der Waals surface area contributed by atoms with Gasteiger partial charge in [-0.15, -0.1) is 0 Å². The molecule has 11 heteroatoms. The monoisotopic (exact) mass is 539 g/mol. The van der Waals surface area contributed by atoms with Crippen molar-refractivity contribution >= 4 is 16.9 Å². The second-order valence-electron chi connectivity index (χ2n) is 10.9. The largest absolute Gasteiger partial charge is 0.371 e. The fourth-order valence-corrected chi connectivity index (χ4v) is 6.17. The number of allylic oxidation sites excluding steroid dienone is 2. The summed E-state index contributed by atoms with van der Waals surface area (Å²) in [6.07, 6.45) is 8.40. The third-order valence-electron chi connectivity index (χ3n) is 8.33. The molecule has 1 saturated heterocycles. The van der Waals surface area contributed by atoms with Gasteiger partial charge in [-0.3, -0.25) is 4.79 Å². The number of nitrogens with zero attached hydrogens (tertiary/aromatic N) is 5. The van der Waals surface area contributed by atoms with Gasteiger partial charge < -0.3 is 18.9 Å². The number of imidazole rings is 1. The van der Waals surface area contributed by atoms with Gasteiger partial charge in [0.1, 0.15) is 17.2 Å². The zero-order chi connectivity index (χ0) is 27.9. The smallest absolute Gasteiger partial charge is 0.346 e. The average molecular weight is 540 g/mol. The van der Waals surface area contributed by atoms with Crippen molar-refractivity contribution in [3.05, 3.63) is 65.8 Å². The fraction of sp³-hybridized carbons (Fsp3) is 0.429. The molecule has 0 radical (unpaired) electrons. The van der Waals surface area contributed by atoms with Crippen LogP contribution in [0, 0.1) is 11.7 Å². The van der Waals surface area contributed by atoms with Crippen LogP contribution >= 0.6 is 0 Å². The standard InChI is InChI=1S/C28H28F3N5O3/c1-27(2,38-5)25-32-12-14(13-33-25)16-9-19-18(10-17(16)29)34-23-21-11-20(36(19)23)22-15(24(37)35(21)4)7-6-8-28(22,3)39-26(30)31/h6-10,12-13,20-22,26H,11H2,1-5H3/t20-,21+,22?,28?/m0/s1. The molecule has 4 heterocycles. The number of likely N-dealkylation sites (N-methyl/N-ethyl adjacent to an activating group) is 1.